The first-order chi connectivity index (χ1) is 16.5. The van der Waals surface area contributed by atoms with Crippen LogP contribution in [0.2, 0.25) is 10.2 Å². The number of hydrogen-bond donors (Lipinski definition) is 1. The van der Waals surface area contributed by atoms with Crippen LogP contribution in [0.25, 0.3) is 0 Å². The molecule has 1 saturated heterocycles. The van der Waals surface area contributed by atoms with Gasteiger partial charge >= 0.3 is 6.03 Å². The highest BCUT2D eigenvalue weighted by molar-refractivity contribution is 6.32. The van der Waals surface area contributed by atoms with Gasteiger partial charge < -0.3 is 14.5 Å². The third kappa shape index (κ3) is 5.92. The predicted molar refractivity (Wildman–Crippen MR) is 128 cm³/mol. The SMILES string of the molecule is O=C(Nc1nccnc1Cl)N1CCN(C(=O)c2ccnc(OCCc3ccccc3Cl)c2)CC1. The maximum absolute atomic E-state index is 13.0. The lowest BCUT2D eigenvalue weighted by molar-refractivity contribution is 0.0671. The molecule has 3 amide bonds. The third-order valence-corrected chi connectivity index (χ3v) is 5.94. The molecular formula is C23H22Cl2N6O3. The molecule has 1 aromatic carbocycles. The van der Waals surface area contributed by atoms with Crippen LogP contribution in [0.1, 0.15) is 15.9 Å². The molecule has 3 aromatic rings. The number of nitrogens with zero attached hydrogens (tertiary/aromatic N) is 5. The second-order valence-corrected chi connectivity index (χ2v) is 8.24. The van der Waals surface area contributed by atoms with Crippen LogP contribution < -0.4 is 10.1 Å². The van der Waals surface area contributed by atoms with E-state index in [1.54, 1.807) is 28.1 Å². The number of carbonyl (C=O) groups is 2. The molecule has 34 heavy (non-hydrogen) atoms. The molecule has 1 aliphatic rings. The molecule has 0 spiro atoms. The zero-order chi connectivity index (χ0) is 23.9. The van der Waals surface area contributed by atoms with Crippen molar-refractivity contribution in [3.63, 3.8) is 0 Å². The molecule has 11 heteroatoms. The van der Waals surface area contributed by atoms with Crippen molar-refractivity contribution >= 4 is 41.0 Å². The van der Waals surface area contributed by atoms with E-state index in [2.05, 4.69) is 20.3 Å². The van der Waals surface area contributed by atoms with E-state index in [0.717, 1.165) is 5.56 Å². The van der Waals surface area contributed by atoms with Crippen molar-refractivity contribution in [1.82, 2.24) is 24.8 Å². The lowest BCUT2D eigenvalue weighted by Gasteiger charge is -2.34. The number of hydrogen-bond acceptors (Lipinski definition) is 6. The van der Waals surface area contributed by atoms with Gasteiger partial charge in [-0.3, -0.25) is 10.1 Å². The van der Waals surface area contributed by atoms with Crippen molar-refractivity contribution in [3.8, 4) is 5.88 Å². The Labute approximate surface area is 206 Å². The smallest absolute Gasteiger partial charge is 0.323 e. The van der Waals surface area contributed by atoms with Gasteiger partial charge in [-0.15, -0.1) is 0 Å². The van der Waals surface area contributed by atoms with Crippen LogP contribution in [0.5, 0.6) is 5.88 Å². The van der Waals surface area contributed by atoms with Crippen molar-refractivity contribution in [2.24, 2.45) is 0 Å². The topological polar surface area (TPSA) is 101 Å². The van der Waals surface area contributed by atoms with E-state index in [1.807, 2.05) is 24.3 Å². The molecular weight excluding hydrogens is 479 g/mol. The summed E-state index contributed by atoms with van der Waals surface area (Å²) in [7, 11) is 0. The molecule has 4 rings (SSSR count). The average Bonchev–Trinajstić information content (AvgIpc) is 2.86. The molecule has 2 aromatic heterocycles. The maximum atomic E-state index is 13.0. The molecule has 0 bridgehead atoms. The molecule has 1 N–H and O–H groups in total. The number of pyridine rings is 1. The number of aromatic nitrogens is 3. The fraction of sp³-hybridized carbons (Fsp3) is 0.261. The highest BCUT2D eigenvalue weighted by atomic mass is 35.5. The first-order valence-electron chi connectivity index (χ1n) is 10.7. The number of urea groups is 1. The Hall–Kier alpha value is -3.43. The zero-order valence-corrected chi connectivity index (χ0v) is 19.7. The number of rotatable bonds is 6. The molecule has 0 aliphatic carbocycles. The summed E-state index contributed by atoms with van der Waals surface area (Å²) in [6.45, 7) is 1.93. The maximum Gasteiger partial charge on any atom is 0.323 e. The van der Waals surface area contributed by atoms with Crippen LogP contribution in [0.4, 0.5) is 10.6 Å². The highest BCUT2D eigenvalue weighted by Gasteiger charge is 2.26. The van der Waals surface area contributed by atoms with Crippen LogP contribution >= 0.6 is 23.2 Å². The van der Waals surface area contributed by atoms with Crippen molar-refractivity contribution in [2.75, 3.05) is 38.1 Å². The third-order valence-electron chi connectivity index (χ3n) is 5.29. The standard InChI is InChI=1S/C23H22Cl2N6O3/c24-18-4-2-1-3-16(18)6-14-34-19-15-17(5-7-26-19)22(32)30-10-12-31(13-11-30)23(33)29-21-20(25)27-8-9-28-21/h1-5,7-9,15H,6,10-14H2,(H,28,29,33). The van der Waals surface area contributed by atoms with Gasteiger partial charge in [0.15, 0.2) is 11.0 Å². The van der Waals surface area contributed by atoms with E-state index in [1.165, 1.54) is 12.4 Å². The molecule has 0 atom stereocenters. The van der Waals surface area contributed by atoms with Crippen LogP contribution in [0.3, 0.4) is 0 Å². The summed E-state index contributed by atoms with van der Waals surface area (Å²) in [5.74, 6) is 0.429. The quantitative estimate of drug-likeness (QED) is 0.552. The number of benzene rings is 1. The van der Waals surface area contributed by atoms with Crippen molar-refractivity contribution < 1.29 is 14.3 Å². The highest BCUT2D eigenvalue weighted by Crippen LogP contribution is 2.18. The van der Waals surface area contributed by atoms with Gasteiger partial charge in [-0.1, -0.05) is 41.4 Å². The molecule has 1 aliphatic heterocycles. The number of piperazine rings is 1. The number of carbonyl (C=O) groups excluding carboxylic acids is 2. The number of amides is 3. The van der Waals surface area contributed by atoms with Gasteiger partial charge in [0, 0.05) is 67.8 Å². The molecule has 0 saturated carbocycles. The lowest BCUT2D eigenvalue weighted by atomic mass is 10.2. The summed E-state index contributed by atoms with van der Waals surface area (Å²) >= 11 is 12.1. The fourth-order valence-electron chi connectivity index (χ4n) is 3.47. The number of anilines is 1. The van der Waals surface area contributed by atoms with E-state index in [-0.39, 0.29) is 22.9 Å². The minimum atomic E-state index is -0.340. The van der Waals surface area contributed by atoms with E-state index in [4.69, 9.17) is 27.9 Å². The van der Waals surface area contributed by atoms with Gasteiger partial charge in [-0.05, 0) is 17.7 Å². The Morgan fingerprint density at radius 3 is 2.44 bits per heavy atom. The van der Waals surface area contributed by atoms with E-state index in [9.17, 15) is 9.59 Å². The lowest BCUT2D eigenvalue weighted by Crippen LogP contribution is -2.51. The Morgan fingerprint density at radius 1 is 0.941 bits per heavy atom. The van der Waals surface area contributed by atoms with Crippen molar-refractivity contribution in [3.05, 3.63) is 76.3 Å². The van der Waals surface area contributed by atoms with Gasteiger partial charge in [-0.25, -0.2) is 19.7 Å². The van der Waals surface area contributed by atoms with Gasteiger partial charge in [-0.2, -0.15) is 0 Å². The number of ether oxygens (including phenoxy) is 1. The van der Waals surface area contributed by atoms with Crippen LogP contribution in [-0.2, 0) is 6.42 Å². The van der Waals surface area contributed by atoms with Gasteiger partial charge in [0.1, 0.15) is 0 Å². The molecule has 0 unspecified atom stereocenters. The van der Waals surface area contributed by atoms with Gasteiger partial charge in [0.2, 0.25) is 5.88 Å². The summed E-state index contributed by atoms with van der Waals surface area (Å²) in [5.41, 5.74) is 1.46. The van der Waals surface area contributed by atoms with E-state index in [0.29, 0.717) is 55.7 Å². The largest absolute Gasteiger partial charge is 0.477 e. The van der Waals surface area contributed by atoms with Gasteiger partial charge in [0.25, 0.3) is 5.91 Å². The zero-order valence-electron chi connectivity index (χ0n) is 18.2. The average molecular weight is 501 g/mol. The van der Waals surface area contributed by atoms with Crippen LogP contribution in [0.15, 0.2) is 55.0 Å². The van der Waals surface area contributed by atoms with Crippen molar-refractivity contribution in [2.45, 2.75) is 6.42 Å². The molecule has 9 nitrogen and oxygen atoms in total. The molecule has 0 radical (unpaired) electrons. The summed E-state index contributed by atoms with van der Waals surface area (Å²) in [4.78, 5) is 40.8. The summed E-state index contributed by atoms with van der Waals surface area (Å²) in [5, 5.41) is 3.45. The molecule has 176 valence electrons. The normalized spacial score (nSPS) is 13.5. The van der Waals surface area contributed by atoms with E-state index >= 15 is 0 Å². The van der Waals surface area contributed by atoms with Crippen molar-refractivity contribution in [1.29, 1.82) is 0 Å². The first kappa shape index (κ1) is 23.7. The predicted octanol–water partition coefficient (Wildman–Crippen LogP) is 3.79. The fourth-order valence-corrected chi connectivity index (χ4v) is 3.85. The van der Waals surface area contributed by atoms with E-state index < -0.39 is 0 Å². The summed E-state index contributed by atoms with van der Waals surface area (Å²) in [6, 6.07) is 10.5. The number of halogens is 2. The monoisotopic (exact) mass is 500 g/mol. The Balaban J connectivity index is 1.28. The Kier molecular flexibility index (Phi) is 7.76. The summed E-state index contributed by atoms with van der Waals surface area (Å²) < 4.78 is 5.73. The minimum Gasteiger partial charge on any atom is -0.477 e. The molecule has 1 fully saturated rings. The Morgan fingerprint density at radius 2 is 1.68 bits per heavy atom. The Bertz CT molecular complexity index is 1170. The summed E-state index contributed by atoms with van der Waals surface area (Å²) in [6.07, 6.45) is 5.06. The number of nitrogens with one attached hydrogen (secondary N) is 1. The second-order valence-electron chi connectivity index (χ2n) is 7.48. The van der Waals surface area contributed by atoms with Crippen LogP contribution in [0, 0.1) is 0 Å². The van der Waals surface area contributed by atoms with Crippen LogP contribution in [-0.4, -0.2) is 69.5 Å². The first-order valence-corrected chi connectivity index (χ1v) is 11.4. The van der Waals surface area contributed by atoms with Gasteiger partial charge in [0.05, 0.1) is 6.61 Å². The second kappa shape index (κ2) is 11.1. The minimum absolute atomic E-state index is 0.118. The molecule has 3 heterocycles.